The fourth-order valence-electron chi connectivity index (χ4n) is 4.91. The molecule has 7 heteroatoms. The summed E-state index contributed by atoms with van der Waals surface area (Å²) >= 11 is 0. The number of nitrogens with one attached hydrogen (secondary N) is 1. The number of carbonyl (C=O) groups is 3. The largest absolute Gasteiger partial charge is 0.495 e. The van der Waals surface area contributed by atoms with Crippen LogP contribution in [0.5, 0.6) is 5.75 Å². The van der Waals surface area contributed by atoms with E-state index in [1.165, 1.54) is 16.9 Å². The molecule has 2 heterocycles. The second-order valence-corrected chi connectivity index (χ2v) is 8.60. The van der Waals surface area contributed by atoms with E-state index in [0.29, 0.717) is 22.7 Å². The van der Waals surface area contributed by atoms with Crippen molar-refractivity contribution >= 4 is 29.1 Å². The number of methoxy groups -OCH3 is 1. The van der Waals surface area contributed by atoms with Crippen molar-refractivity contribution in [3.63, 3.8) is 0 Å². The number of anilines is 2. The molecule has 0 saturated carbocycles. The second-order valence-electron chi connectivity index (χ2n) is 8.60. The molecule has 1 atom stereocenters. The van der Waals surface area contributed by atoms with Crippen molar-refractivity contribution in [1.29, 1.82) is 0 Å². The number of ether oxygens (including phenoxy) is 1. The van der Waals surface area contributed by atoms with Gasteiger partial charge in [0.15, 0.2) is 0 Å². The zero-order valence-corrected chi connectivity index (χ0v) is 19.1. The van der Waals surface area contributed by atoms with Gasteiger partial charge in [-0.3, -0.25) is 19.3 Å². The summed E-state index contributed by atoms with van der Waals surface area (Å²) in [6.07, 6.45) is 0.351. The topological polar surface area (TPSA) is 79.0 Å². The van der Waals surface area contributed by atoms with Gasteiger partial charge in [0.1, 0.15) is 5.75 Å². The summed E-state index contributed by atoms with van der Waals surface area (Å²) < 4.78 is 5.44. The molecular weight excluding hydrogens is 430 g/mol. The van der Waals surface area contributed by atoms with Crippen molar-refractivity contribution in [2.45, 2.75) is 32.0 Å². The molecule has 172 valence electrons. The Morgan fingerprint density at radius 1 is 1.03 bits per heavy atom. The lowest BCUT2D eigenvalue weighted by Crippen LogP contribution is -2.69. The zero-order chi connectivity index (χ0) is 23.9. The predicted octanol–water partition coefficient (Wildman–Crippen LogP) is 4.12. The molecule has 1 fully saturated rings. The monoisotopic (exact) mass is 455 g/mol. The van der Waals surface area contributed by atoms with E-state index in [1.54, 1.807) is 30.3 Å². The van der Waals surface area contributed by atoms with Crippen LogP contribution >= 0.6 is 0 Å². The van der Waals surface area contributed by atoms with Gasteiger partial charge in [-0.1, -0.05) is 48.5 Å². The summed E-state index contributed by atoms with van der Waals surface area (Å²) in [7, 11) is 1.53. The fourth-order valence-corrected chi connectivity index (χ4v) is 4.91. The van der Waals surface area contributed by atoms with Crippen LogP contribution in [-0.4, -0.2) is 35.4 Å². The summed E-state index contributed by atoms with van der Waals surface area (Å²) in [5, 5.41) is 2.97. The van der Waals surface area contributed by atoms with Crippen molar-refractivity contribution in [1.82, 2.24) is 4.90 Å². The van der Waals surface area contributed by atoms with E-state index in [9.17, 15) is 14.4 Å². The van der Waals surface area contributed by atoms with Crippen LogP contribution in [0, 0.1) is 6.92 Å². The van der Waals surface area contributed by atoms with Crippen LogP contribution in [0.25, 0.3) is 0 Å². The van der Waals surface area contributed by atoms with Gasteiger partial charge in [-0.15, -0.1) is 0 Å². The van der Waals surface area contributed by atoms with E-state index in [4.69, 9.17) is 4.74 Å². The average Bonchev–Trinajstić information content (AvgIpc) is 3.21. The molecule has 0 bridgehead atoms. The van der Waals surface area contributed by atoms with Crippen LogP contribution in [-0.2, 0) is 16.1 Å². The molecule has 3 aromatic rings. The van der Waals surface area contributed by atoms with Gasteiger partial charge in [0, 0.05) is 19.4 Å². The molecule has 1 saturated heterocycles. The minimum atomic E-state index is -1.49. The SMILES string of the molecule is COc1ccc(C)cc1NC(=O)C12CCC(=O)N1c1ccccc1C(=O)N2Cc1ccccc1. The standard InChI is InChI=1S/C27H25N3O4/c1-18-12-13-23(34-2)21(16-18)28-26(33)27-15-14-24(31)30(27)22-11-7-6-10-20(22)25(32)29(27)17-19-8-4-3-5-9-19/h3-13,16H,14-15,17H2,1-2H3,(H,28,33). The lowest BCUT2D eigenvalue weighted by atomic mass is 9.94. The number of hydrogen-bond acceptors (Lipinski definition) is 4. The first-order valence-corrected chi connectivity index (χ1v) is 11.2. The molecule has 0 aromatic heterocycles. The van der Waals surface area contributed by atoms with Gasteiger partial charge in [0.05, 0.1) is 24.0 Å². The summed E-state index contributed by atoms with van der Waals surface area (Å²) in [5.41, 5.74) is 1.68. The van der Waals surface area contributed by atoms with Gasteiger partial charge in [-0.05, 0) is 42.3 Å². The molecule has 2 aliphatic heterocycles. The molecule has 5 rings (SSSR count). The van der Waals surface area contributed by atoms with Crippen LogP contribution in [0.1, 0.15) is 34.3 Å². The number of aryl methyl sites for hydroxylation is 1. The van der Waals surface area contributed by atoms with Crippen LogP contribution in [0.3, 0.4) is 0 Å². The predicted molar refractivity (Wildman–Crippen MR) is 129 cm³/mol. The van der Waals surface area contributed by atoms with Crippen molar-refractivity contribution in [2.24, 2.45) is 0 Å². The lowest BCUT2D eigenvalue weighted by molar-refractivity contribution is -0.129. The van der Waals surface area contributed by atoms with Gasteiger partial charge < -0.3 is 15.0 Å². The molecule has 1 unspecified atom stereocenters. The Bertz CT molecular complexity index is 1290. The Kier molecular flexibility index (Phi) is 5.32. The molecule has 1 N–H and O–H groups in total. The van der Waals surface area contributed by atoms with Crippen molar-refractivity contribution in [3.8, 4) is 5.75 Å². The third-order valence-corrected chi connectivity index (χ3v) is 6.52. The summed E-state index contributed by atoms with van der Waals surface area (Å²) in [6.45, 7) is 2.11. The second kappa shape index (κ2) is 8.33. The number of fused-ring (bicyclic) bond motifs is 3. The van der Waals surface area contributed by atoms with Gasteiger partial charge in [0.25, 0.3) is 11.8 Å². The molecule has 7 nitrogen and oxygen atoms in total. The highest BCUT2D eigenvalue weighted by Gasteiger charge is 2.60. The summed E-state index contributed by atoms with van der Waals surface area (Å²) in [5.74, 6) is -0.412. The number of benzene rings is 3. The number of rotatable bonds is 5. The highest BCUT2D eigenvalue weighted by atomic mass is 16.5. The molecule has 3 aromatic carbocycles. The quantitative estimate of drug-likeness (QED) is 0.628. The highest BCUT2D eigenvalue weighted by Crippen LogP contribution is 2.46. The molecule has 0 radical (unpaired) electrons. The maximum absolute atomic E-state index is 14.1. The molecule has 3 amide bonds. The van der Waals surface area contributed by atoms with Crippen LogP contribution in [0.4, 0.5) is 11.4 Å². The Morgan fingerprint density at radius 2 is 1.76 bits per heavy atom. The average molecular weight is 456 g/mol. The van der Waals surface area contributed by atoms with E-state index < -0.39 is 11.6 Å². The minimum Gasteiger partial charge on any atom is -0.495 e. The van der Waals surface area contributed by atoms with Crippen LogP contribution in [0.2, 0.25) is 0 Å². The Hall–Kier alpha value is -4.13. The highest BCUT2D eigenvalue weighted by molar-refractivity contribution is 6.18. The maximum Gasteiger partial charge on any atom is 0.271 e. The van der Waals surface area contributed by atoms with Crippen molar-refractivity contribution < 1.29 is 19.1 Å². The third kappa shape index (κ3) is 3.32. The Labute approximate surface area is 197 Å². The van der Waals surface area contributed by atoms with Crippen LogP contribution in [0.15, 0.2) is 72.8 Å². The smallest absolute Gasteiger partial charge is 0.271 e. The lowest BCUT2D eigenvalue weighted by Gasteiger charge is -2.49. The number of nitrogens with zero attached hydrogens (tertiary/aromatic N) is 2. The molecule has 34 heavy (non-hydrogen) atoms. The number of amides is 3. The molecule has 0 aliphatic carbocycles. The maximum atomic E-state index is 14.1. The molecule has 0 spiro atoms. The van der Waals surface area contributed by atoms with E-state index in [-0.39, 0.29) is 31.2 Å². The van der Waals surface area contributed by atoms with Crippen LogP contribution < -0.4 is 15.0 Å². The van der Waals surface area contributed by atoms with Gasteiger partial charge >= 0.3 is 0 Å². The molecule has 2 aliphatic rings. The number of carbonyl (C=O) groups excluding carboxylic acids is 3. The Balaban J connectivity index is 1.65. The van der Waals surface area contributed by atoms with Crippen molar-refractivity contribution in [3.05, 3.63) is 89.5 Å². The first-order chi connectivity index (χ1) is 16.5. The summed E-state index contributed by atoms with van der Waals surface area (Å²) in [4.78, 5) is 44.1. The fraction of sp³-hybridized carbons (Fsp3) is 0.222. The van der Waals surface area contributed by atoms with E-state index in [1.807, 2.05) is 49.4 Å². The van der Waals surface area contributed by atoms with E-state index >= 15 is 0 Å². The minimum absolute atomic E-state index is 0.158. The normalized spacial score (nSPS) is 19.0. The number of hydrogen-bond donors (Lipinski definition) is 1. The molecular formula is C27H25N3O4. The number of para-hydroxylation sites is 1. The van der Waals surface area contributed by atoms with Crippen molar-refractivity contribution in [2.75, 3.05) is 17.3 Å². The first-order valence-electron chi connectivity index (χ1n) is 11.2. The van der Waals surface area contributed by atoms with E-state index in [2.05, 4.69) is 5.32 Å². The van der Waals surface area contributed by atoms with E-state index in [0.717, 1.165) is 11.1 Å². The third-order valence-electron chi connectivity index (χ3n) is 6.52. The van der Waals surface area contributed by atoms with Gasteiger partial charge in [-0.2, -0.15) is 0 Å². The van der Waals surface area contributed by atoms with Gasteiger partial charge in [-0.25, -0.2) is 0 Å². The van der Waals surface area contributed by atoms with Gasteiger partial charge in [0.2, 0.25) is 11.6 Å². The summed E-state index contributed by atoms with van der Waals surface area (Å²) in [6, 6.07) is 21.9. The first kappa shape index (κ1) is 21.7. The Morgan fingerprint density at radius 3 is 2.53 bits per heavy atom. The zero-order valence-electron chi connectivity index (χ0n) is 19.1.